The van der Waals surface area contributed by atoms with Crippen LogP contribution in [-0.4, -0.2) is 40.7 Å². The minimum absolute atomic E-state index is 0.00741. The Bertz CT molecular complexity index is 1270. The topological polar surface area (TPSA) is 49.2 Å². The summed E-state index contributed by atoms with van der Waals surface area (Å²) in [5.74, 6) is 0.335. The van der Waals surface area contributed by atoms with Crippen molar-refractivity contribution in [3.63, 3.8) is 0 Å². The number of rotatable bonds is 13. The highest BCUT2D eigenvalue weighted by atomic mass is 32.1. The van der Waals surface area contributed by atoms with E-state index in [4.69, 9.17) is 23.5 Å². The van der Waals surface area contributed by atoms with Crippen LogP contribution in [0.5, 0.6) is 5.75 Å². The van der Waals surface area contributed by atoms with Gasteiger partial charge in [0.15, 0.2) is 10.8 Å². The monoisotopic (exact) mass is 588 g/mol. The van der Waals surface area contributed by atoms with Crippen molar-refractivity contribution < 1.29 is 22.7 Å². The quantitative estimate of drug-likeness (QED) is 0.146. The molecule has 1 saturated heterocycles. The van der Waals surface area contributed by atoms with Gasteiger partial charge in [0.25, 0.3) is 5.91 Å². The second-order valence-corrected chi connectivity index (χ2v) is 11.1. The summed E-state index contributed by atoms with van der Waals surface area (Å²) in [6.07, 6.45) is 0.0331. The van der Waals surface area contributed by atoms with E-state index < -0.39 is 28.9 Å². The number of nitrogens with one attached hydrogen (secondary N) is 1. The summed E-state index contributed by atoms with van der Waals surface area (Å²) in [5, 5.41) is 3.89. The maximum Gasteiger partial charge on any atom is 0.407 e. The number of ether oxygens (including phenoxy) is 1. The maximum absolute atomic E-state index is 13.6. The van der Waals surface area contributed by atoms with Gasteiger partial charge < -0.3 is 15.0 Å². The van der Waals surface area contributed by atoms with E-state index in [1.165, 1.54) is 11.6 Å². The van der Waals surface area contributed by atoms with Crippen LogP contribution in [-0.2, 0) is 11.0 Å². The molecule has 0 radical (unpaired) electrons. The zero-order chi connectivity index (χ0) is 30.4. The minimum Gasteiger partial charge on any atom is -0.494 e. The van der Waals surface area contributed by atoms with Crippen molar-refractivity contribution in [2.24, 2.45) is 0 Å². The molecule has 0 bridgehead atoms. The molecule has 1 aliphatic rings. The van der Waals surface area contributed by atoms with Crippen molar-refractivity contribution in [1.82, 2.24) is 10.2 Å². The highest BCUT2D eigenvalue weighted by Gasteiger charge is 2.49. The Morgan fingerprint density at radius 3 is 2.44 bits per heavy atom. The molecule has 2 aromatic carbocycles. The lowest BCUT2D eigenvalue weighted by molar-refractivity contribution is -0.136. The minimum atomic E-state index is -4.73. The summed E-state index contributed by atoms with van der Waals surface area (Å²) in [4.78, 5) is 19.1. The normalized spacial score (nSPS) is 15.9. The number of hydrogen-bond acceptors (Lipinski definition) is 4. The van der Waals surface area contributed by atoms with Gasteiger partial charge in [-0.1, -0.05) is 45.4 Å². The number of carbonyl (C=O) groups excluding carboxylic acids is 1. The van der Waals surface area contributed by atoms with Crippen molar-refractivity contribution in [2.75, 3.05) is 18.1 Å². The van der Waals surface area contributed by atoms with Crippen LogP contribution < -0.4 is 15.0 Å². The molecule has 222 valence electrons. The average molecular weight is 589 g/mol. The van der Waals surface area contributed by atoms with Gasteiger partial charge in [0, 0.05) is 24.3 Å². The molecule has 1 unspecified atom stereocenters. The predicted molar refractivity (Wildman–Crippen MR) is 160 cm³/mol. The zero-order valence-electron chi connectivity index (χ0n) is 24.3. The third-order valence-electron chi connectivity index (χ3n) is 7.54. The van der Waals surface area contributed by atoms with Crippen molar-refractivity contribution in [3.05, 3.63) is 65.0 Å². The van der Waals surface area contributed by atoms with E-state index in [1.807, 2.05) is 12.1 Å². The first kappa shape index (κ1) is 32.4. The number of anilines is 1. The molecule has 1 atom stereocenters. The average Bonchev–Trinajstić information content (AvgIpc) is 3.11. The molecule has 0 aromatic heterocycles. The fourth-order valence-electron chi connectivity index (χ4n) is 5.10. The van der Waals surface area contributed by atoms with Gasteiger partial charge in [-0.3, -0.25) is 9.69 Å². The molecule has 1 amide bonds. The highest BCUT2D eigenvalue weighted by molar-refractivity contribution is 7.80. The molecular formula is C31H39F3N4O2S. The van der Waals surface area contributed by atoms with Crippen LogP contribution in [0.25, 0.3) is 4.85 Å². The van der Waals surface area contributed by atoms with E-state index >= 15 is 0 Å². The van der Waals surface area contributed by atoms with Crippen LogP contribution in [0.15, 0.2) is 42.5 Å². The summed E-state index contributed by atoms with van der Waals surface area (Å²) >= 11 is 5.58. The van der Waals surface area contributed by atoms with E-state index in [9.17, 15) is 18.0 Å². The molecule has 1 fully saturated rings. The van der Waals surface area contributed by atoms with Gasteiger partial charge in [0.1, 0.15) is 11.3 Å². The lowest BCUT2D eigenvalue weighted by atomic mass is 10.00. The van der Waals surface area contributed by atoms with E-state index in [2.05, 4.69) is 43.1 Å². The summed E-state index contributed by atoms with van der Waals surface area (Å²) in [5.41, 5.74) is -1.50. The summed E-state index contributed by atoms with van der Waals surface area (Å²) in [6.45, 7) is 17.8. The molecule has 41 heavy (non-hydrogen) atoms. The molecule has 0 spiro atoms. The molecule has 0 saturated carbocycles. The summed E-state index contributed by atoms with van der Waals surface area (Å²) in [7, 11) is 0. The summed E-state index contributed by atoms with van der Waals surface area (Å²) in [6, 6.07) is 12.0. The number of halogens is 3. The van der Waals surface area contributed by atoms with Gasteiger partial charge in [-0.15, -0.1) is 0 Å². The van der Waals surface area contributed by atoms with Crippen molar-refractivity contribution >= 4 is 34.6 Å². The number of benzene rings is 2. The first-order valence-corrected chi connectivity index (χ1v) is 14.5. The third-order valence-corrected chi connectivity index (χ3v) is 7.95. The van der Waals surface area contributed by atoms with Crippen LogP contribution in [0.3, 0.4) is 0 Å². The highest BCUT2D eigenvalue weighted by Crippen LogP contribution is 2.41. The fourth-order valence-corrected chi connectivity index (χ4v) is 5.61. The number of thiocarbonyl (C=S) groups is 1. The summed E-state index contributed by atoms with van der Waals surface area (Å²) < 4.78 is 46.7. The van der Waals surface area contributed by atoms with E-state index in [-0.39, 0.29) is 16.8 Å². The van der Waals surface area contributed by atoms with Crippen LogP contribution in [0.1, 0.15) is 83.9 Å². The standard InChI is InChI=1S/C31H39F3N4O2S/c1-7-12-26(36-22(8-2)9-3)21-13-10-14-24(19-21)40-18-11-17-37-29(41)38(28(39)30(37,4)5)23-15-16-27(35-6)25(20-23)31(32,33)34/h10,13-16,19-20,22,26,36H,7-9,11-12,17-18H2,1-5H3. The van der Waals surface area contributed by atoms with Crippen molar-refractivity contribution in [3.8, 4) is 5.75 Å². The van der Waals surface area contributed by atoms with Gasteiger partial charge in [-0.2, -0.15) is 13.2 Å². The Kier molecular flexibility index (Phi) is 10.8. The second kappa shape index (κ2) is 13.7. The van der Waals surface area contributed by atoms with Gasteiger partial charge in [-0.05, 0) is 81.6 Å². The SMILES string of the molecule is [C-]#[N+]c1ccc(N2C(=O)C(C)(C)N(CCCOc3cccc(C(CCC)NC(CC)CC)c3)C2=S)cc1C(F)(F)F. The number of alkyl halides is 3. The number of hydrogen-bond donors (Lipinski definition) is 1. The molecule has 1 heterocycles. The Balaban J connectivity index is 1.68. The Morgan fingerprint density at radius 2 is 1.83 bits per heavy atom. The molecular weight excluding hydrogens is 549 g/mol. The molecule has 10 heteroatoms. The zero-order valence-corrected chi connectivity index (χ0v) is 25.2. The molecule has 1 aliphatic heterocycles. The van der Waals surface area contributed by atoms with Crippen molar-refractivity contribution in [2.45, 2.75) is 90.5 Å². The fraction of sp³-hybridized carbons (Fsp3) is 0.516. The molecule has 0 aliphatic carbocycles. The largest absolute Gasteiger partial charge is 0.494 e. The van der Waals surface area contributed by atoms with Gasteiger partial charge >= 0.3 is 6.18 Å². The van der Waals surface area contributed by atoms with Crippen LogP contribution in [0.2, 0.25) is 0 Å². The number of nitrogens with zero attached hydrogens (tertiary/aromatic N) is 3. The number of carbonyl (C=O) groups is 1. The van der Waals surface area contributed by atoms with Crippen LogP contribution >= 0.6 is 12.2 Å². The van der Waals surface area contributed by atoms with Crippen LogP contribution in [0.4, 0.5) is 24.5 Å². The molecule has 6 nitrogen and oxygen atoms in total. The van der Waals surface area contributed by atoms with Gasteiger partial charge in [0.05, 0.1) is 18.7 Å². The smallest absolute Gasteiger partial charge is 0.407 e. The Hall–Kier alpha value is -3.16. The third kappa shape index (κ3) is 7.38. The van der Waals surface area contributed by atoms with E-state index in [0.29, 0.717) is 25.6 Å². The van der Waals surface area contributed by atoms with Gasteiger partial charge in [-0.25, -0.2) is 4.85 Å². The Morgan fingerprint density at radius 1 is 1.12 bits per heavy atom. The lowest BCUT2D eigenvalue weighted by Crippen LogP contribution is -2.44. The van der Waals surface area contributed by atoms with Crippen LogP contribution in [0, 0.1) is 6.57 Å². The predicted octanol–water partition coefficient (Wildman–Crippen LogP) is 8.06. The number of amides is 1. The molecule has 1 N–H and O–H groups in total. The second-order valence-electron chi connectivity index (χ2n) is 10.7. The first-order valence-electron chi connectivity index (χ1n) is 14.1. The van der Waals surface area contributed by atoms with E-state index in [1.54, 1.807) is 18.7 Å². The van der Waals surface area contributed by atoms with E-state index in [0.717, 1.165) is 48.5 Å². The lowest BCUT2D eigenvalue weighted by Gasteiger charge is -2.29. The molecule has 3 rings (SSSR count). The Labute approximate surface area is 246 Å². The molecule has 2 aromatic rings. The van der Waals surface area contributed by atoms with Crippen molar-refractivity contribution in [1.29, 1.82) is 0 Å². The van der Waals surface area contributed by atoms with Gasteiger partial charge in [0.2, 0.25) is 0 Å². The maximum atomic E-state index is 13.6. The first-order chi connectivity index (χ1) is 19.4.